The summed E-state index contributed by atoms with van der Waals surface area (Å²) in [5.74, 6) is 0.0274. The number of hydrogen-bond acceptors (Lipinski definition) is 4. The largest absolute Gasteiger partial charge is 0.385 e. The van der Waals surface area contributed by atoms with E-state index in [9.17, 15) is 4.79 Å². The van der Waals surface area contributed by atoms with Crippen molar-refractivity contribution in [2.45, 2.75) is 19.3 Å². The molecule has 0 heterocycles. The molecule has 5 nitrogen and oxygen atoms in total. The van der Waals surface area contributed by atoms with Crippen LogP contribution in [0.5, 0.6) is 0 Å². The number of carbonyl (C=O) groups is 1. The second-order valence-corrected chi connectivity index (χ2v) is 3.65. The monoisotopic (exact) mass is 231 g/mol. The maximum Gasteiger partial charge on any atom is 0.233 e. The molecule has 0 radical (unpaired) electrons. The SMILES string of the molecule is CNC(=O)CNCCNCCCCCOC. The molecule has 0 saturated carbocycles. The Bertz CT molecular complexity index is 165. The lowest BCUT2D eigenvalue weighted by atomic mass is 10.2. The predicted octanol–water partition coefficient (Wildman–Crippen LogP) is -0.272. The van der Waals surface area contributed by atoms with E-state index in [1.54, 1.807) is 14.2 Å². The van der Waals surface area contributed by atoms with Gasteiger partial charge in [0.2, 0.25) is 5.91 Å². The van der Waals surface area contributed by atoms with E-state index in [1.807, 2.05) is 0 Å². The van der Waals surface area contributed by atoms with Crippen molar-refractivity contribution in [3.8, 4) is 0 Å². The van der Waals surface area contributed by atoms with Gasteiger partial charge in [-0.25, -0.2) is 0 Å². The standard InChI is InChI=1S/C11H25N3O2/c1-12-11(15)10-14-8-7-13-6-4-3-5-9-16-2/h13-14H,3-10H2,1-2H3,(H,12,15). The number of nitrogens with one attached hydrogen (secondary N) is 3. The van der Waals surface area contributed by atoms with E-state index in [-0.39, 0.29) is 5.91 Å². The zero-order chi connectivity index (χ0) is 12.1. The third-order valence-corrected chi connectivity index (χ3v) is 2.24. The van der Waals surface area contributed by atoms with Gasteiger partial charge in [-0.15, -0.1) is 0 Å². The van der Waals surface area contributed by atoms with Gasteiger partial charge in [-0.2, -0.15) is 0 Å². The molecule has 0 saturated heterocycles. The molecule has 0 atom stereocenters. The summed E-state index contributed by atoms with van der Waals surface area (Å²) in [5.41, 5.74) is 0. The van der Waals surface area contributed by atoms with Gasteiger partial charge in [-0.3, -0.25) is 4.79 Å². The van der Waals surface area contributed by atoms with Crippen molar-refractivity contribution in [1.82, 2.24) is 16.0 Å². The summed E-state index contributed by atoms with van der Waals surface area (Å²) in [5, 5.41) is 8.93. The van der Waals surface area contributed by atoms with Crippen LogP contribution in [-0.4, -0.2) is 52.9 Å². The molecule has 0 aliphatic carbocycles. The smallest absolute Gasteiger partial charge is 0.233 e. The zero-order valence-corrected chi connectivity index (χ0v) is 10.5. The summed E-state index contributed by atoms with van der Waals surface area (Å²) >= 11 is 0. The summed E-state index contributed by atoms with van der Waals surface area (Å²) in [4.78, 5) is 10.8. The van der Waals surface area contributed by atoms with Crippen LogP contribution in [0.25, 0.3) is 0 Å². The van der Waals surface area contributed by atoms with Crippen LogP contribution in [0.1, 0.15) is 19.3 Å². The van der Waals surface area contributed by atoms with Gasteiger partial charge < -0.3 is 20.7 Å². The fourth-order valence-electron chi connectivity index (χ4n) is 1.27. The molecular formula is C11H25N3O2. The minimum atomic E-state index is 0.0274. The molecule has 0 aromatic rings. The highest BCUT2D eigenvalue weighted by atomic mass is 16.5. The normalized spacial score (nSPS) is 10.4. The first-order valence-electron chi connectivity index (χ1n) is 5.92. The maximum atomic E-state index is 10.8. The molecule has 96 valence electrons. The Labute approximate surface area is 98.3 Å². The molecule has 5 heteroatoms. The third kappa shape index (κ3) is 11.4. The van der Waals surface area contributed by atoms with Gasteiger partial charge in [-0.05, 0) is 25.8 Å². The van der Waals surface area contributed by atoms with Gasteiger partial charge in [0.25, 0.3) is 0 Å². The van der Waals surface area contributed by atoms with E-state index in [0.29, 0.717) is 6.54 Å². The van der Waals surface area contributed by atoms with Crippen LogP contribution in [0.2, 0.25) is 0 Å². The molecule has 0 bridgehead atoms. The molecule has 0 aliphatic rings. The van der Waals surface area contributed by atoms with E-state index in [2.05, 4.69) is 16.0 Å². The molecule has 1 amide bonds. The average molecular weight is 231 g/mol. The molecular weight excluding hydrogens is 206 g/mol. The van der Waals surface area contributed by atoms with Crippen molar-refractivity contribution < 1.29 is 9.53 Å². The predicted molar refractivity (Wildman–Crippen MR) is 65.5 cm³/mol. The lowest BCUT2D eigenvalue weighted by Gasteiger charge is -2.06. The minimum absolute atomic E-state index is 0.0274. The van der Waals surface area contributed by atoms with Crippen molar-refractivity contribution in [3.05, 3.63) is 0 Å². The lowest BCUT2D eigenvalue weighted by molar-refractivity contribution is -0.119. The first kappa shape index (κ1) is 15.3. The van der Waals surface area contributed by atoms with Crippen molar-refractivity contribution in [2.24, 2.45) is 0 Å². The molecule has 0 aromatic carbocycles. The van der Waals surface area contributed by atoms with Gasteiger partial charge in [0.05, 0.1) is 6.54 Å². The fraction of sp³-hybridized carbons (Fsp3) is 0.909. The van der Waals surface area contributed by atoms with E-state index in [1.165, 1.54) is 12.8 Å². The molecule has 3 N–H and O–H groups in total. The van der Waals surface area contributed by atoms with Crippen molar-refractivity contribution in [1.29, 1.82) is 0 Å². The number of carbonyl (C=O) groups excluding carboxylic acids is 1. The molecule has 0 spiro atoms. The summed E-state index contributed by atoms with van der Waals surface area (Å²) in [7, 11) is 3.37. The minimum Gasteiger partial charge on any atom is -0.385 e. The zero-order valence-electron chi connectivity index (χ0n) is 10.5. The Hall–Kier alpha value is -0.650. The number of rotatable bonds is 11. The van der Waals surface area contributed by atoms with Gasteiger partial charge in [0.1, 0.15) is 0 Å². The second-order valence-electron chi connectivity index (χ2n) is 3.65. The Morgan fingerprint density at radius 1 is 1.06 bits per heavy atom. The van der Waals surface area contributed by atoms with Gasteiger partial charge in [0, 0.05) is 33.9 Å². The Morgan fingerprint density at radius 3 is 2.50 bits per heavy atom. The van der Waals surface area contributed by atoms with Crippen LogP contribution in [0.3, 0.4) is 0 Å². The Balaban J connectivity index is 2.96. The van der Waals surface area contributed by atoms with E-state index < -0.39 is 0 Å². The molecule has 0 unspecified atom stereocenters. The van der Waals surface area contributed by atoms with Gasteiger partial charge in [-0.1, -0.05) is 0 Å². The second kappa shape index (κ2) is 12.4. The number of methoxy groups -OCH3 is 1. The Morgan fingerprint density at radius 2 is 1.81 bits per heavy atom. The van der Waals surface area contributed by atoms with E-state index in [4.69, 9.17) is 4.74 Å². The van der Waals surface area contributed by atoms with Crippen LogP contribution in [0.15, 0.2) is 0 Å². The number of amides is 1. The lowest BCUT2D eigenvalue weighted by Crippen LogP contribution is -2.35. The van der Waals surface area contributed by atoms with Crippen molar-refractivity contribution in [2.75, 3.05) is 46.9 Å². The van der Waals surface area contributed by atoms with Crippen LogP contribution in [0, 0.1) is 0 Å². The van der Waals surface area contributed by atoms with Gasteiger partial charge >= 0.3 is 0 Å². The quantitative estimate of drug-likeness (QED) is 0.428. The van der Waals surface area contributed by atoms with Crippen LogP contribution < -0.4 is 16.0 Å². The van der Waals surface area contributed by atoms with Crippen molar-refractivity contribution in [3.63, 3.8) is 0 Å². The summed E-state index contributed by atoms with van der Waals surface area (Å²) in [6.45, 7) is 4.01. The van der Waals surface area contributed by atoms with E-state index in [0.717, 1.165) is 32.7 Å². The summed E-state index contributed by atoms with van der Waals surface area (Å²) in [6, 6.07) is 0. The van der Waals surface area contributed by atoms with Gasteiger partial charge in [0.15, 0.2) is 0 Å². The average Bonchev–Trinajstić information content (AvgIpc) is 2.31. The molecule has 0 aliphatic heterocycles. The topological polar surface area (TPSA) is 62.4 Å². The number of hydrogen-bond donors (Lipinski definition) is 3. The maximum absolute atomic E-state index is 10.8. The first-order valence-corrected chi connectivity index (χ1v) is 5.92. The molecule has 16 heavy (non-hydrogen) atoms. The van der Waals surface area contributed by atoms with Crippen LogP contribution in [0.4, 0.5) is 0 Å². The highest BCUT2D eigenvalue weighted by molar-refractivity contribution is 5.77. The molecule has 0 aromatic heterocycles. The highest BCUT2D eigenvalue weighted by Crippen LogP contribution is 1.93. The number of ether oxygens (including phenoxy) is 1. The number of likely N-dealkylation sites (N-methyl/N-ethyl adjacent to an activating group) is 1. The summed E-state index contributed by atoms with van der Waals surface area (Å²) < 4.78 is 4.97. The molecule has 0 fully saturated rings. The highest BCUT2D eigenvalue weighted by Gasteiger charge is 1.95. The Kier molecular flexibility index (Phi) is 11.9. The van der Waals surface area contributed by atoms with Crippen molar-refractivity contribution >= 4 is 5.91 Å². The third-order valence-electron chi connectivity index (χ3n) is 2.24. The van der Waals surface area contributed by atoms with Crippen LogP contribution in [-0.2, 0) is 9.53 Å². The fourth-order valence-corrected chi connectivity index (χ4v) is 1.27. The first-order chi connectivity index (χ1) is 7.81. The summed E-state index contributed by atoms with van der Waals surface area (Å²) in [6.07, 6.45) is 3.51. The van der Waals surface area contributed by atoms with Crippen LogP contribution >= 0.6 is 0 Å². The van der Waals surface area contributed by atoms with E-state index >= 15 is 0 Å². The number of unbranched alkanes of at least 4 members (excludes halogenated alkanes) is 2. The molecule has 0 rings (SSSR count).